The lowest BCUT2D eigenvalue weighted by Gasteiger charge is -2.20. The van der Waals surface area contributed by atoms with Gasteiger partial charge in [0, 0.05) is 26.2 Å². The van der Waals surface area contributed by atoms with Crippen LogP contribution in [0, 0.1) is 6.92 Å². The molecule has 2 aromatic carbocycles. The van der Waals surface area contributed by atoms with E-state index in [9.17, 15) is 13.2 Å². The number of hydroxylamine groups is 1. The first-order valence-electron chi connectivity index (χ1n) is 7.81. The monoisotopic (exact) mass is 396 g/mol. The largest absolute Gasteiger partial charge is 0.337 e. The maximum atomic E-state index is 12.7. The van der Waals surface area contributed by atoms with Gasteiger partial charge in [0.1, 0.15) is 4.90 Å². The number of carbonyl (C=O) groups excluding carboxylic acids is 1. The second-order valence-electron chi connectivity index (χ2n) is 5.83. The van der Waals surface area contributed by atoms with E-state index in [2.05, 4.69) is 0 Å². The molecule has 0 N–H and O–H groups in total. The van der Waals surface area contributed by atoms with Crippen molar-refractivity contribution in [3.05, 3.63) is 64.2 Å². The van der Waals surface area contributed by atoms with Crippen molar-refractivity contribution in [3.8, 4) is 0 Å². The van der Waals surface area contributed by atoms with Gasteiger partial charge in [0.15, 0.2) is 0 Å². The van der Waals surface area contributed by atoms with E-state index in [1.165, 1.54) is 37.3 Å². The fraction of sp³-hybridized carbons (Fsp3) is 0.278. The number of hydrogen-bond acceptors (Lipinski definition) is 4. The Labute approximate surface area is 158 Å². The first-order chi connectivity index (χ1) is 12.2. The summed E-state index contributed by atoms with van der Waals surface area (Å²) in [5.41, 5.74) is 2.33. The van der Waals surface area contributed by atoms with Gasteiger partial charge in [-0.25, -0.2) is 8.42 Å². The summed E-state index contributed by atoms with van der Waals surface area (Å²) in [7, 11) is 0.194. The molecule has 6 nitrogen and oxygen atoms in total. The number of hydrogen-bond donors (Lipinski definition) is 0. The molecule has 0 bridgehead atoms. The molecule has 0 radical (unpaired) electrons. The maximum absolute atomic E-state index is 12.7. The van der Waals surface area contributed by atoms with Gasteiger partial charge in [-0.3, -0.25) is 9.63 Å². The number of rotatable bonds is 6. The zero-order valence-electron chi connectivity index (χ0n) is 15.1. The van der Waals surface area contributed by atoms with Gasteiger partial charge < -0.3 is 4.90 Å². The van der Waals surface area contributed by atoms with E-state index in [1.54, 1.807) is 7.05 Å². The Bertz CT molecular complexity index is 915. The van der Waals surface area contributed by atoms with Gasteiger partial charge in [0.05, 0.1) is 12.1 Å². The predicted molar refractivity (Wildman–Crippen MR) is 100 cm³/mol. The van der Waals surface area contributed by atoms with E-state index in [0.717, 1.165) is 11.1 Å². The number of halogens is 1. The van der Waals surface area contributed by atoms with Crippen molar-refractivity contribution >= 4 is 27.5 Å². The van der Waals surface area contributed by atoms with E-state index in [4.69, 9.17) is 16.4 Å². The van der Waals surface area contributed by atoms with E-state index >= 15 is 0 Å². The van der Waals surface area contributed by atoms with Gasteiger partial charge in [0.2, 0.25) is 0 Å². The first-order valence-corrected chi connectivity index (χ1v) is 9.63. The Morgan fingerprint density at radius 1 is 1.15 bits per heavy atom. The van der Waals surface area contributed by atoms with Crippen molar-refractivity contribution in [1.82, 2.24) is 9.37 Å². The molecule has 0 fully saturated rings. The highest BCUT2D eigenvalue weighted by Gasteiger charge is 2.26. The van der Waals surface area contributed by atoms with Crippen molar-refractivity contribution in [3.63, 3.8) is 0 Å². The minimum atomic E-state index is -3.96. The molecule has 0 heterocycles. The molecule has 0 aliphatic rings. The van der Waals surface area contributed by atoms with Gasteiger partial charge in [-0.1, -0.05) is 40.3 Å². The molecule has 0 aliphatic carbocycles. The van der Waals surface area contributed by atoms with Crippen LogP contribution in [-0.4, -0.2) is 44.9 Å². The van der Waals surface area contributed by atoms with Crippen molar-refractivity contribution in [1.29, 1.82) is 0 Å². The summed E-state index contributed by atoms with van der Waals surface area (Å²) in [6, 6.07) is 11.9. The predicted octanol–water partition coefficient (Wildman–Crippen LogP) is 3.10. The average molecular weight is 397 g/mol. The minimum Gasteiger partial charge on any atom is -0.337 e. The molecule has 26 heavy (non-hydrogen) atoms. The van der Waals surface area contributed by atoms with Crippen LogP contribution in [0.2, 0.25) is 5.02 Å². The number of amides is 1. The van der Waals surface area contributed by atoms with Crippen LogP contribution in [0.5, 0.6) is 0 Å². The third-order valence-electron chi connectivity index (χ3n) is 4.07. The quantitative estimate of drug-likeness (QED) is 0.703. The number of benzene rings is 2. The van der Waals surface area contributed by atoms with Crippen LogP contribution in [0.15, 0.2) is 47.4 Å². The van der Waals surface area contributed by atoms with E-state index in [0.29, 0.717) is 11.0 Å². The SMILES string of the molecule is CON(C)S(=O)(=O)c1cc(C(=O)N(C)Cc2ccccc2C)ccc1Cl. The molecule has 8 heteroatoms. The Balaban J connectivity index is 2.33. The molecule has 0 spiro atoms. The molecule has 2 aromatic rings. The van der Waals surface area contributed by atoms with Crippen LogP contribution in [0.3, 0.4) is 0 Å². The van der Waals surface area contributed by atoms with Crippen molar-refractivity contribution in [2.45, 2.75) is 18.4 Å². The lowest BCUT2D eigenvalue weighted by Crippen LogP contribution is -2.28. The smallest absolute Gasteiger partial charge is 0.266 e. The van der Waals surface area contributed by atoms with Crippen LogP contribution < -0.4 is 0 Å². The lowest BCUT2D eigenvalue weighted by molar-refractivity contribution is -0.0258. The minimum absolute atomic E-state index is 0.0204. The zero-order valence-corrected chi connectivity index (χ0v) is 16.6. The highest BCUT2D eigenvalue weighted by molar-refractivity contribution is 7.89. The van der Waals surface area contributed by atoms with Gasteiger partial charge in [-0.15, -0.1) is 0 Å². The number of nitrogens with zero attached hydrogens (tertiary/aromatic N) is 2. The van der Waals surface area contributed by atoms with Crippen LogP contribution >= 0.6 is 11.6 Å². The normalized spacial score (nSPS) is 11.6. The molecule has 0 aliphatic heterocycles. The third-order valence-corrected chi connectivity index (χ3v) is 6.23. The summed E-state index contributed by atoms with van der Waals surface area (Å²) in [5.74, 6) is -0.304. The van der Waals surface area contributed by atoms with Gasteiger partial charge >= 0.3 is 0 Å². The molecular weight excluding hydrogens is 376 g/mol. The number of carbonyl (C=O) groups is 1. The molecule has 140 valence electrons. The zero-order chi connectivity index (χ0) is 19.5. The fourth-order valence-electron chi connectivity index (χ4n) is 2.41. The lowest BCUT2D eigenvalue weighted by atomic mass is 10.1. The average Bonchev–Trinajstić information content (AvgIpc) is 2.62. The van der Waals surface area contributed by atoms with Gasteiger partial charge in [-0.05, 0) is 36.2 Å². The Hall–Kier alpha value is -1.93. The van der Waals surface area contributed by atoms with E-state index in [1.807, 2.05) is 31.2 Å². The van der Waals surface area contributed by atoms with Crippen molar-refractivity contribution in [2.75, 3.05) is 21.2 Å². The molecular formula is C18H21ClN2O4S. The standard InChI is InChI=1S/C18H21ClN2O4S/c1-13-7-5-6-8-15(13)12-20(2)18(22)14-9-10-16(19)17(11-14)26(23,24)21(3)25-4/h5-11H,12H2,1-4H3. The number of aryl methyl sites for hydroxylation is 1. The maximum Gasteiger partial charge on any atom is 0.266 e. The molecule has 2 rings (SSSR count). The first kappa shape index (κ1) is 20.4. The van der Waals surface area contributed by atoms with E-state index < -0.39 is 10.0 Å². The van der Waals surface area contributed by atoms with Gasteiger partial charge in [-0.2, -0.15) is 0 Å². The number of sulfonamides is 1. The fourth-order valence-corrected chi connectivity index (χ4v) is 3.88. The molecule has 0 unspecified atom stereocenters. The molecule has 1 amide bonds. The molecule has 0 saturated heterocycles. The van der Waals surface area contributed by atoms with Crippen LogP contribution in [-0.2, 0) is 21.4 Å². The summed E-state index contributed by atoms with van der Waals surface area (Å²) in [4.78, 5) is 18.8. The highest BCUT2D eigenvalue weighted by Crippen LogP contribution is 2.26. The second kappa shape index (κ2) is 8.18. The van der Waals surface area contributed by atoms with Gasteiger partial charge in [0.25, 0.3) is 15.9 Å². The topological polar surface area (TPSA) is 66.9 Å². The molecule has 0 aromatic heterocycles. The van der Waals surface area contributed by atoms with Crippen LogP contribution in [0.25, 0.3) is 0 Å². The van der Waals surface area contributed by atoms with Crippen LogP contribution in [0.1, 0.15) is 21.5 Å². The van der Waals surface area contributed by atoms with Crippen molar-refractivity contribution < 1.29 is 18.0 Å². The second-order valence-corrected chi connectivity index (χ2v) is 8.14. The summed E-state index contributed by atoms with van der Waals surface area (Å²) >= 11 is 6.03. The highest BCUT2D eigenvalue weighted by atomic mass is 35.5. The summed E-state index contributed by atoms with van der Waals surface area (Å²) in [6.07, 6.45) is 0. The summed E-state index contributed by atoms with van der Waals surface area (Å²) in [5, 5.41) is 0.0204. The Morgan fingerprint density at radius 3 is 2.42 bits per heavy atom. The summed E-state index contributed by atoms with van der Waals surface area (Å²) in [6.45, 7) is 2.38. The Kier molecular flexibility index (Phi) is 6.41. The van der Waals surface area contributed by atoms with E-state index in [-0.39, 0.29) is 21.4 Å². The molecule has 0 saturated carbocycles. The summed E-state index contributed by atoms with van der Waals surface area (Å²) < 4.78 is 25.6. The third kappa shape index (κ3) is 4.24. The van der Waals surface area contributed by atoms with Crippen molar-refractivity contribution in [2.24, 2.45) is 0 Å². The molecule has 0 atom stereocenters. The van der Waals surface area contributed by atoms with Crippen LogP contribution in [0.4, 0.5) is 0 Å². The Morgan fingerprint density at radius 2 is 1.81 bits per heavy atom.